The summed E-state index contributed by atoms with van der Waals surface area (Å²) < 4.78 is 29.8. The van der Waals surface area contributed by atoms with Gasteiger partial charge in [-0.15, -0.1) is 0 Å². The average Bonchev–Trinajstić information content (AvgIpc) is 3.18. The van der Waals surface area contributed by atoms with Crippen LogP contribution < -0.4 is 4.90 Å². The number of rotatable bonds is 6. The molecule has 180 valence electrons. The van der Waals surface area contributed by atoms with E-state index in [1.165, 1.54) is 6.26 Å². The molecule has 7 nitrogen and oxygen atoms in total. The highest BCUT2D eigenvalue weighted by molar-refractivity contribution is 7.88. The van der Waals surface area contributed by atoms with Crippen molar-refractivity contribution >= 4 is 15.7 Å². The zero-order valence-electron chi connectivity index (χ0n) is 19.9. The maximum absolute atomic E-state index is 13.1. The Balaban J connectivity index is 1.60. The Morgan fingerprint density at radius 2 is 1.80 bits per heavy atom. The zero-order valence-corrected chi connectivity index (χ0v) is 20.8. The first kappa shape index (κ1) is 23.3. The minimum Gasteiger partial charge on any atom is -0.364 e. The van der Waals surface area contributed by atoms with Crippen molar-refractivity contribution in [1.29, 1.82) is 0 Å². The Hall–Kier alpha value is -3.49. The molecule has 1 aliphatic rings. The number of anilines is 1. The van der Waals surface area contributed by atoms with Crippen LogP contribution in [0.1, 0.15) is 16.8 Å². The Morgan fingerprint density at radius 1 is 0.971 bits per heavy atom. The normalized spacial score (nSPS) is 16.6. The van der Waals surface area contributed by atoms with Crippen molar-refractivity contribution in [3.8, 4) is 11.1 Å². The number of aromatic nitrogens is 3. The second kappa shape index (κ2) is 9.64. The summed E-state index contributed by atoms with van der Waals surface area (Å²) in [5, 5.41) is 0. The third-order valence-electron chi connectivity index (χ3n) is 6.58. The smallest absolute Gasteiger partial charge is 0.211 e. The average molecular weight is 488 g/mol. The number of imidazole rings is 1. The van der Waals surface area contributed by atoms with Gasteiger partial charge in [-0.1, -0.05) is 42.5 Å². The second-order valence-corrected chi connectivity index (χ2v) is 11.0. The van der Waals surface area contributed by atoms with Gasteiger partial charge in [0.25, 0.3) is 0 Å². The van der Waals surface area contributed by atoms with E-state index >= 15 is 0 Å². The molecule has 0 saturated carbocycles. The van der Waals surface area contributed by atoms with Gasteiger partial charge in [0, 0.05) is 50.5 Å². The first-order valence-corrected chi connectivity index (χ1v) is 13.5. The lowest BCUT2D eigenvalue weighted by Gasteiger charge is -2.31. The van der Waals surface area contributed by atoms with E-state index in [1.807, 2.05) is 54.3 Å². The maximum atomic E-state index is 13.1. The molecule has 0 unspecified atom stereocenters. The number of hydrogen-bond donors (Lipinski definition) is 0. The summed E-state index contributed by atoms with van der Waals surface area (Å²) in [6.45, 7) is 1.52. The molecular formula is C27H29N5O2S. The zero-order chi connectivity index (χ0) is 24.4. The van der Waals surface area contributed by atoms with Crippen LogP contribution in [0.15, 0.2) is 85.6 Å². The van der Waals surface area contributed by atoms with Crippen LogP contribution in [0, 0.1) is 0 Å². The highest BCUT2D eigenvalue weighted by atomic mass is 32.2. The van der Waals surface area contributed by atoms with Crippen LogP contribution in [0.2, 0.25) is 0 Å². The SMILES string of the molecule is Cn1cncc1CN1C[C@H](Cc2cccnc2)N(S(C)(=O)=O)Cc2cc(-c3ccccc3)ccc21. The Bertz CT molecular complexity index is 1400. The summed E-state index contributed by atoms with van der Waals surface area (Å²) in [7, 11) is -1.48. The van der Waals surface area contributed by atoms with E-state index in [-0.39, 0.29) is 6.04 Å². The van der Waals surface area contributed by atoms with Gasteiger partial charge in [-0.25, -0.2) is 13.4 Å². The quantitative estimate of drug-likeness (QED) is 0.413. The van der Waals surface area contributed by atoms with Crippen molar-refractivity contribution < 1.29 is 8.42 Å². The van der Waals surface area contributed by atoms with Crippen molar-refractivity contribution in [2.75, 3.05) is 17.7 Å². The van der Waals surface area contributed by atoms with Crippen LogP contribution in [0.3, 0.4) is 0 Å². The number of sulfonamides is 1. The molecule has 0 N–H and O–H groups in total. The fourth-order valence-electron chi connectivity index (χ4n) is 4.80. The van der Waals surface area contributed by atoms with E-state index in [9.17, 15) is 8.42 Å². The number of benzene rings is 2. The van der Waals surface area contributed by atoms with Crippen molar-refractivity contribution in [3.05, 3.63) is 102 Å². The van der Waals surface area contributed by atoms with Gasteiger partial charge >= 0.3 is 0 Å². The molecule has 1 aliphatic heterocycles. The van der Waals surface area contributed by atoms with Crippen molar-refractivity contribution in [2.24, 2.45) is 7.05 Å². The molecule has 1 atom stereocenters. The molecule has 0 radical (unpaired) electrons. The molecule has 3 heterocycles. The first-order valence-electron chi connectivity index (χ1n) is 11.6. The molecule has 0 spiro atoms. The third-order valence-corrected chi connectivity index (χ3v) is 7.86. The van der Waals surface area contributed by atoms with Gasteiger partial charge in [0.05, 0.1) is 24.8 Å². The van der Waals surface area contributed by atoms with E-state index in [2.05, 4.69) is 45.2 Å². The van der Waals surface area contributed by atoms with Gasteiger partial charge < -0.3 is 9.47 Å². The lowest BCUT2D eigenvalue weighted by molar-refractivity contribution is 0.320. The lowest BCUT2D eigenvalue weighted by Crippen LogP contribution is -2.45. The van der Waals surface area contributed by atoms with Gasteiger partial charge in [-0.2, -0.15) is 4.31 Å². The van der Waals surface area contributed by atoms with E-state index in [4.69, 9.17) is 0 Å². The van der Waals surface area contributed by atoms with E-state index in [0.29, 0.717) is 26.1 Å². The standard InChI is InChI=1S/C27H29N5O2S/c1-30-20-29-16-26(30)19-31-18-25(13-21-7-6-12-28-15-21)32(35(2,33)34)17-24-14-23(10-11-27(24)31)22-8-4-3-5-9-22/h3-12,14-16,20,25H,13,17-19H2,1-2H3/t25-/m0/s1. The van der Waals surface area contributed by atoms with Gasteiger partial charge in [-0.3, -0.25) is 4.98 Å². The van der Waals surface area contributed by atoms with Crippen molar-refractivity contribution in [2.45, 2.75) is 25.6 Å². The highest BCUT2D eigenvalue weighted by Crippen LogP contribution is 2.34. The second-order valence-electron chi connectivity index (χ2n) is 9.11. The first-order chi connectivity index (χ1) is 16.9. The van der Waals surface area contributed by atoms with Gasteiger partial charge in [0.1, 0.15) is 0 Å². The van der Waals surface area contributed by atoms with Crippen molar-refractivity contribution in [3.63, 3.8) is 0 Å². The molecule has 35 heavy (non-hydrogen) atoms. The summed E-state index contributed by atoms with van der Waals surface area (Å²) >= 11 is 0. The minimum atomic E-state index is -3.46. The molecule has 2 aromatic carbocycles. The van der Waals surface area contributed by atoms with Gasteiger partial charge in [0.15, 0.2) is 0 Å². The third kappa shape index (κ3) is 5.13. The van der Waals surface area contributed by atoms with Gasteiger partial charge in [-0.05, 0) is 46.9 Å². The predicted molar refractivity (Wildman–Crippen MR) is 138 cm³/mol. The van der Waals surface area contributed by atoms with Crippen LogP contribution in [0.4, 0.5) is 5.69 Å². The summed E-state index contributed by atoms with van der Waals surface area (Å²) in [6.07, 6.45) is 9.11. The number of fused-ring (bicyclic) bond motifs is 1. The van der Waals surface area contributed by atoms with Crippen LogP contribution >= 0.6 is 0 Å². The minimum absolute atomic E-state index is 0.241. The summed E-state index contributed by atoms with van der Waals surface area (Å²) in [5.41, 5.74) is 6.30. The molecule has 0 aliphatic carbocycles. The molecule has 4 aromatic rings. The molecule has 5 rings (SSSR count). The van der Waals surface area contributed by atoms with Crippen LogP contribution in [-0.4, -0.2) is 46.1 Å². The fraction of sp³-hybridized carbons (Fsp3) is 0.259. The maximum Gasteiger partial charge on any atom is 0.211 e. The molecule has 8 heteroatoms. The monoisotopic (exact) mass is 487 g/mol. The van der Waals surface area contributed by atoms with Crippen molar-refractivity contribution in [1.82, 2.24) is 18.8 Å². The van der Waals surface area contributed by atoms with Crippen LogP contribution in [0.5, 0.6) is 0 Å². The number of pyridine rings is 1. The largest absolute Gasteiger partial charge is 0.364 e. The summed E-state index contributed by atoms with van der Waals surface area (Å²) in [4.78, 5) is 10.8. The predicted octanol–water partition coefficient (Wildman–Crippen LogP) is 3.88. The topological polar surface area (TPSA) is 71.3 Å². The number of nitrogens with zero attached hydrogens (tertiary/aromatic N) is 5. The number of hydrogen-bond acceptors (Lipinski definition) is 5. The Morgan fingerprint density at radius 3 is 2.49 bits per heavy atom. The molecule has 0 fully saturated rings. The van der Waals surface area contributed by atoms with E-state index in [0.717, 1.165) is 33.6 Å². The summed E-state index contributed by atoms with van der Waals surface area (Å²) in [5.74, 6) is 0. The van der Waals surface area contributed by atoms with Crippen LogP contribution in [0.25, 0.3) is 11.1 Å². The molecule has 0 bridgehead atoms. The van der Waals surface area contributed by atoms with E-state index < -0.39 is 10.0 Å². The van der Waals surface area contributed by atoms with Crippen LogP contribution in [-0.2, 0) is 36.6 Å². The summed E-state index contributed by atoms with van der Waals surface area (Å²) in [6, 6.07) is 20.2. The fourth-order valence-corrected chi connectivity index (χ4v) is 5.86. The molecule has 0 saturated heterocycles. The lowest BCUT2D eigenvalue weighted by atomic mass is 10.0. The Labute approximate surface area is 206 Å². The Kier molecular flexibility index (Phi) is 6.40. The van der Waals surface area contributed by atoms with E-state index in [1.54, 1.807) is 16.8 Å². The van der Waals surface area contributed by atoms with Gasteiger partial charge in [0.2, 0.25) is 10.0 Å². The molecule has 2 aromatic heterocycles. The molecular weight excluding hydrogens is 458 g/mol. The highest BCUT2D eigenvalue weighted by Gasteiger charge is 2.33. The number of aryl methyl sites for hydroxylation is 1. The molecule has 0 amide bonds.